The second kappa shape index (κ2) is 9.06. The first-order valence-corrected chi connectivity index (χ1v) is 10.9. The number of anilines is 1. The van der Waals surface area contributed by atoms with Gasteiger partial charge in [0.05, 0.1) is 28.8 Å². The Kier molecular flexibility index (Phi) is 6.34. The average molecular weight is 504 g/mol. The molecule has 33 heavy (non-hydrogen) atoms. The fraction of sp³-hybridized carbons (Fsp3) is 0.125. The number of pyridine rings is 1. The number of aryl methyl sites for hydroxylation is 1. The van der Waals surface area contributed by atoms with Gasteiger partial charge in [-0.15, -0.1) is 0 Å². The lowest BCUT2D eigenvalue weighted by Crippen LogP contribution is -2.29. The van der Waals surface area contributed by atoms with E-state index >= 15 is 0 Å². The number of amides is 1. The molecule has 168 valence electrons. The molecule has 3 aromatic rings. The molecular weight excluding hydrogens is 487 g/mol. The molecule has 1 aliphatic heterocycles. The SMILES string of the molecule is COc1c(Cl)cc(/C(O)=C2\C(=O)C(=O)N(c3ccc(C)c(Cl)c3)C2c2cccnc2)cc1Cl. The predicted octanol–water partition coefficient (Wildman–Crippen LogP) is 5.99. The number of carbonyl (C=O) groups excluding carboxylic acids is 2. The van der Waals surface area contributed by atoms with Crippen LogP contribution in [0.4, 0.5) is 5.69 Å². The molecule has 4 rings (SSSR count). The van der Waals surface area contributed by atoms with E-state index in [0.717, 1.165) is 5.56 Å². The van der Waals surface area contributed by atoms with Crippen LogP contribution in [0.3, 0.4) is 0 Å². The minimum Gasteiger partial charge on any atom is -0.507 e. The zero-order valence-corrected chi connectivity index (χ0v) is 19.7. The predicted molar refractivity (Wildman–Crippen MR) is 128 cm³/mol. The molecule has 1 unspecified atom stereocenters. The number of ketones is 1. The third-order valence-electron chi connectivity index (χ3n) is 5.35. The Morgan fingerprint density at radius 1 is 1.06 bits per heavy atom. The maximum Gasteiger partial charge on any atom is 0.300 e. The van der Waals surface area contributed by atoms with Crippen LogP contribution in [0.2, 0.25) is 15.1 Å². The highest BCUT2D eigenvalue weighted by atomic mass is 35.5. The number of aliphatic hydroxyl groups is 1. The highest BCUT2D eigenvalue weighted by Crippen LogP contribution is 2.44. The molecule has 1 saturated heterocycles. The number of halogens is 3. The van der Waals surface area contributed by atoms with Gasteiger partial charge in [0.2, 0.25) is 0 Å². The molecule has 0 aliphatic carbocycles. The third kappa shape index (κ3) is 4.06. The molecule has 1 aromatic heterocycles. The Morgan fingerprint density at radius 3 is 2.33 bits per heavy atom. The van der Waals surface area contributed by atoms with Crippen molar-refractivity contribution < 1.29 is 19.4 Å². The van der Waals surface area contributed by atoms with Gasteiger partial charge in [-0.05, 0) is 48.4 Å². The third-order valence-corrected chi connectivity index (χ3v) is 6.32. The van der Waals surface area contributed by atoms with Gasteiger partial charge in [0.25, 0.3) is 11.7 Å². The summed E-state index contributed by atoms with van der Waals surface area (Å²) in [7, 11) is 1.41. The minimum absolute atomic E-state index is 0.123. The quantitative estimate of drug-likeness (QED) is 0.269. The number of rotatable bonds is 4. The van der Waals surface area contributed by atoms with E-state index in [0.29, 0.717) is 16.3 Å². The first kappa shape index (κ1) is 23.1. The van der Waals surface area contributed by atoms with Crippen LogP contribution in [-0.4, -0.2) is 28.9 Å². The average Bonchev–Trinajstić information content (AvgIpc) is 3.06. The van der Waals surface area contributed by atoms with Gasteiger partial charge in [-0.1, -0.05) is 46.9 Å². The van der Waals surface area contributed by atoms with Gasteiger partial charge in [0, 0.05) is 28.7 Å². The molecule has 6 nitrogen and oxygen atoms in total. The Bertz CT molecular complexity index is 1290. The lowest BCUT2D eigenvalue weighted by molar-refractivity contribution is -0.132. The van der Waals surface area contributed by atoms with Crippen molar-refractivity contribution in [2.75, 3.05) is 12.0 Å². The van der Waals surface area contributed by atoms with Crippen molar-refractivity contribution in [3.05, 3.63) is 92.2 Å². The maximum atomic E-state index is 13.2. The molecule has 1 atom stereocenters. The molecule has 0 bridgehead atoms. The summed E-state index contributed by atoms with van der Waals surface area (Å²) in [6.45, 7) is 1.83. The van der Waals surface area contributed by atoms with Crippen molar-refractivity contribution in [1.29, 1.82) is 0 Å². The smallest absolute Gasteiger partial charge is 0.300 e. The number of aromatic nitrogens is 1. The molecule has 2 aromatic carbocycles. The van der Waals surface area contributed by atoms with E-state index in [9.17, 15) is 14.7 Å². The number of aliphatic hydroxyl groups excluding tert-OH is 1. The molecule has 0 radical (unpaired) electrons. The van der Waals surface area contributed by atoms with Crippen LogP contribution < -0.4 is 9.64 Å². The Balaban J connectivity index is 1.96. The second-order valence-corrected chi connectivity index (χ2v) is 8.58. The standard InChI is InChI=1S/C24H17Cl3N2O4/c1-12-5-6-15(10-16(12)25)29-20(13-4-3-7-28-11-13)19(22(31)24(29)32)21(30)14-8-17(26)23(33-2)18(27)9-14/h3-11,20,30H,1-2H3/b21-19+. The molecule has 2 heterocycles. The van der Waals surface area contributed by atoms with E-state index in [1.165, 1.54) is 30.3 Å². The fourth-order valence-electron chi connectivity index (χ4n) is 3.73. The van der Waals surface area contributed by atoms with Crippen LogP contribution in [0.15, 0.2) is 60.4 Å². The molecule has 0 saturated carbocycles. The Morgan fingerprint density at radius 2 is 1.76 bits per heavy atom. The lowest BCUT2D eigenvalue weighted by Gasteiger charge is -2.25. The van der Waals surface area contributed by atoms with Crippen molar-refractivity contribution in [1.82, 2.24) is 4.98 Å². The first-order valence-electron chi connectivity index (χ1n) is 9.75. The lowest BCUT2D eigenvalue weighted by atomic mass is 9.96. The van der Waals surface area contributed by atoms with E-state index in [-0.39, 0.29) is 26.9 Å². The highest BCUT2D eigenvalue weighted by Gasteiger charge is 2.47. The van der Waals surface area contributed by atoms with Crippen molar-refractivity contribution in [2.45, 2.75) is 13.0 Å². The van der Waals surface area contributed by atoms with Crippen LogP contribution in [0, 0.1) is 6.92 Å². The number of carbonyl (C=O) groups is 2. The van der Waals surface area contributed by atoms with Gasteiger partial charge in [0.1, 0.15) is 5.76 Å². The number of ether oxygens (including phenoxy) is 1. The van der Waals surface area contributed by atoms with Gasteiger partial charge in [-0.3, -0.25) is 19.5 Å². The molecular formula is C24H17Cl3N2O4. The second-order valence-electron chi connectivity index (χ2n) is 7.36. The summed E-state index contributed by atoms with van der Waals surface area (Å²) in [4.78, 5) is 31.8. The van der Waals surface area contributed by atoms with Crippen LogP contribution >= 0.6 is 34.8 Å². The molecule has 1 N–H and O–H groups in total. The molecule has 1 amide bonds. The van der Waals surface area contributed by atoms with Crippen molar-refractivity contribution in [3.63, 3.8) is 0 Å². The van der Waals surface area contributed by atoms with Gasteiger partial charge < -0.3 is 9.84 Å². The maximum absolute atomic E-state index is 13.2. The summed E-state index contributed by atoms with van der Waals surface area (Å²) in [6.07, 6.45) is 3.10. The van der Waals surface area contributed by atoms with Gasteiger partial charge in [-0.25, -0.2) is 0 Å². The first-order chi connectivity index (χ1) is 15.7. The summed E-state index contributed by atoms with van der Waals surface area (Å²) in [6, 6.07) is 10.3. The van der Waals surface area contributed by atoms with Crippen LogP contribution in [0.5, 0.6) is 5.75 Å². The molecule has 1 aliphatic rings. The van der Waals surface area contributed by atoms with Crippen molar-refractivity contribution >= 4 is 57.9 Å². The zero-order valence-electron chi connectivity index (χ0n) is 17.5. The van der Waals surface area contributed by atoms with Gasteiger partial charge in [0.15, 0.2) is 5.75 Å². The monoisotopic (exact) mass is 502 g/mol. The van der Waals surface area contributed by atoms with Gasteiger partial charge in [-0.2, -0.15) is 0 Å². The van der Waals surface area contributed by atoms with Crippen LogP contribution in [0.25, 0.3) is 5.76 Å². The number of Topliss-reactive ketones (excluding diaryl/α,β-unsaturated/α-hetero) is 1. The van der Waals surface area contributed by atoms with E-state index in [4.69, 9.17) is 39.5 Å². The number of nitrogens with zero attached hydrogens (tertiary/aromatic N) is 2. The van der Waals surface area contributed by atoms with Crippen LogP contribution in [-0.2, 0) is 9.59 Å². The van der Waals surface area contributed by atoms with Crippen molar-refractivity contribution in [3.8, 4) is 5.75 Å². The topological polar surface area (TPSA) is 79.7 Å². The van der Waals surface area contributed by atoms with Crippen molar-refractivity contribution in [2.24, 2.45) is 0 Å². The Hall–Kier alpha value is -3.06. The summed E-state index contributed by atoms with van der Waals surface area (Å²) in [5.41, 5.74) is 1.80. The summed E-state index contributed by atoms with van der Waals surface area (Å²) in [5, 5.41) is 11.9. The van der Waals surface area contributed by atoms with Crippen LogP contribution in [0.1, 0.15) is 22.7 Å². The molecule has 9 heteroatoms. The number of methoxy groups -OCH3 is 1. The fourth-order valence-corrected chi connectivity index (χ4v) is 4.55. The number of hydrogen-bond donors (Lipinski definition) is 1. The number of benzene rings is 2. The normalized spacial score (nSPS) is 17.5. The Labute approximate surface area is 205 Å². The molecule has 1 fully saturated rings. The van der Waals surface area contributed by atoms with E-state index in [2.05, 4.69) is 4.98 Å². The summed E-state index contributed by atoms with van der Waals surface area (Å²) in [5.74, 6) is -1.86. The minimum atomic E-state index is -0.947. The summed E-state index contributed by atoms with van der Waals surface area (Å²) >= 11 is 18.8. The highest BCUT2D eigenvalue weighted by molar-refractivity contribution is 6.52. The van der Waals surface area contributed by atoms with E-state index in [1.807, 2.05) is 6.92 Å². The number of hydrogen-bond acceptors (Lipinski definition) is 5. The summed E-state index contributed by atoms with van der Waals surface area (Å²) < 4.78 is 5.15. The van der Waals surface area contributed by atoms with E-state index in [1.54, 1.807) is 36.5 Å². The van der Waals surface area contributed by atoms with Gasteiger partial charge >= 0.3 is 0 Å². The largest absolute Gasteiger partial charge is 0.507 e. The zero-order chi connectivity index (χ0) is 23.9. The molecule has 0 spiro atoms. The van der Waals surface area contributed by atoms with E-state index < -0.39 is 23.5 Å².